The van der Waals surface area contributed by atoms with Crippen LogP contribution in [0, 0.1) is 0 Å². The Kier molecular flexibility index (Phi) is 8.15. The molecule has 14 rings (SSSR count). The summed E-state index contributed by atoms with van der Waals surface area (Å²) in [7, 11) is 0. The lowest BCUT2D eigenvalue weighted by Gasteiger charge is -2.26. The van der Waals surface area contributed by atoms with Gasteiger partial charge in [-0.1, -0.05) is 146 Å². The molecule has 0 amide bonds. The molecule has 0 aliphatic rings. The Morgan fingerprint density at radius 2 is 1.02 bits per heavy atom. The third-order valence-corrected chi connectivity index (χ3v) is 14.7. The number of nitrogens with zero attached hydrogens (tertiary/aromatic N) is 2. The molecule has 4 heteroatoms. The van der Waals surface area contributed by atoms with Crippen molar-refractivity contribution in [3.8, 4) is 27.9 Å². The minimum Gasteiger partial charge on any atom is -0.456 e. The summed E-state index contributed by atoms with van der Waals surface area (Å²) in [5, 5.41) is 12.2. The minimum absolute atomic E-state index is 0.871. The molecule has 0 N–H and O–H groups in total. The molecule has 3 nitrogen and oxygen atoms in total. The Morgan fingerprint density at radius 3 is 1.85 bits per heavy atom. The molecule has 0 radical (unpaired) electrons. The normalized spacial score (nSPS) is 11.9. The Bertz CT molecular complexity index is 4220. The molecule has 11 aromatic carbocycles. The van der Waals surface area contributed by atoms with E-state index in [1.807, 2.05) is 11.3 Å². The fourth-order valence-electron chi connectivity index (χ4n) is 10.6. The van der Waals surface area contributed by atoms with Gasteiger partial charge in [0.2, 0.25) is 0 Å². The van der Waals surface area contributed by atoms with E-state index in [4.69, 9.17) is 4.42 Å². The molecule has 0 saturated heterocycles. The molecule has 0 spiro atoms. The van der Waals surface area contributed by atoms with Crippen molar-refractivity contribution in [2.75, 3.05) is 4.90 Å². The Labute approximate surface area is 384 Å². The van der Waals surface area contributed by atoms with Crippen molar-refractivity contribution < 1.29 is 4.42 Å². The largest absolute Gasteiger partial charge is 0.456 e. The number of furan rings is 1. The molecule has 0 saturated carbocycles. The van der Waals surface area contributed by atoms with Gasteiger partial charge in [-0.3, -0.25) is 0 Å². The molecule has 0 bridgehead atoms. The summed E-state index contributed by atoms with van der Waals surface area (Å²) in [4.78, 5) is 2.37. The molecule has 14 aromatic rings. The van der Waals surface area contributed by atoms with Gasteiger partial charge in [0.25, 0.3) is 0 Å². The number of anilines is 3. The van der Waals surface area contributed by atoms with Crippen LogP contribution in [0.25, 0.3) is 113 Å². The first kappa shape index (κ1) is 37.0. The number of rotatable bonds is 6. The quantitative estimate of drug-likeness (QED) is 0.155. The standard InChI is InChI=1S/C62H38N2OS/c1-3-15-39(16-4-1)60-61-50-33-27-41(52-35-40-17-7-8-20-46(40)47-21-9-10-22-48(47)52)36-54(50)64(55(61)38-57-62(60)51-24-11-13-25-56(51)65-57)44-30-28-43(29-31-44)63(42-18-5-2-6-19-42)45-32-34-59-53(37-45)49-23-12-14-26-58(49)66-59/h1-38H. The van der Waals surface area contributed by atoms with Gasteiger partial charge in [0.05, 0.1) is 11.0 Å². The van der Waals surface area contributed by atoms with Crippen LogP contribution in [0.3, 0.4) is 0 Å². The molecule has 66 heavy (non-hydrogen) atoms. The monoisotopic (exact) mass is 858 g/mol. The van der Waals surface area contributed by atoms with Crippen molar-refractivity contribution in [3.05, 3.63) is 231 Å². The number of thiophene rings is 1. The number of hydrogen-bond acceptors (Lipinski definition) is 3. The lowest BCUT2D eigenvalue weighted by atomic mass is 9.92. The first-order valence-corrected chi connectivity index (χ1v) is 23.3. The van der Waals surface area contributed by atoms with E-state index in [2.05, 4.69) is 240 Å². The SMILES string of the molecule is c1ccc(-c2c3c(cc4c2c2ccc(-c5cc6ccccc6c6ccccc56)cc2n4-c2ccc(N(c4ccccc4)c4ccc5sc6ccccc6c5c4)cc2)oc2ccccc23)cc1. The topological polar surface area (TPSA) is 21.3 Å². The van der Waals surface area contributed by atoms with E-state index in [-0.39, 0.29) is 0 Å². The highest BCUT2D eigenvalue weighted by atomic mass is 32.1. The highest BCUT2D eigenvalue weighted by molar-refractivity contribution is 7.25. The molecule has 3 aromatic heterocycles. The van der Waals surface area contributed by atoms with Gasteiger partial charge < -0.3 is 13.9 Å². The summed E-state index contributed by atoms with van der Waals surface area (Å²) in [5.41, 5.74) is 13.1. The molecule has 0 aliphatic carbocycles. The summed E-state index contributed by atoms with van der Waals surface area (Å²) in [6.45, 7) is 0. The highest BCUT2D eigenvalue weighted by Crippen LogP contribution is 2.48. The molecular weight excluding hydrogens is 821 g/mol. The summed E-state index contributed by atoms with van der Waals surface area (Å²) in [5.74, 6) is 0. The molecular formula is C62H38N2OS. The Morgan fingerprint density at radius 1 is 0.364 bits per heavy atom. The van der Waals surface area contributed by atoms with E-state index < -0.39 is 0 Å². The molecule has 3 heterocycles. The van der Waals surface area contributed by atoms with Crippen LogP contribution in [0.15, 0.2) is 235 Å². The summed E-state index contributed by atoms with van der Waals surface area (Å²) < 4.78 is 11.8. The van der Waals surface area contributed by atoms with Gasteiger partial charge in [-0.25, -0.2) is 0 Å². The fourth-order valence-corrected chi connectivity index (χ4v) is 11.7. The van der Waals surface area contributed by atoms with E-state index in [9.17, 15) is 0 Å². The summed E-state index contributed by atoms with van der Waals surface area (Å²) in [6.07, 6.45) is 0. The van der Waals surface area contributed by atoms with Gasteiger partial charge in [-0.2, -0.15) is 0 Å². The predicted octanol–water partition coefficient (Wildman–Crippen LogP) is 18.2. The number of para-hydroxylation sites is 2. The van der Waals surface area contributed by atoms with E-state index >= 15 is 0 Å². The van der Waals surface area contributed by atoms with E-state index in [0.717, 1.165) is 61.3 Å². The zero-order valence-corrected chi connectivity index (χ0v) is 36.5. The van der Waals surface area contributed by atoms with Crippen LogP contribution in [0.5, 0.6) is 0 Å². The maximum Gasteiger partial charge on any atom is 0.138 e. The lowest BCUT2D eigenvalue weighted by Crippen LogP contribution is -2.09. The number of hydrogen-bond donors (Lipinski definition) is 0. The van der Waals surface area contributed by atoms with Gasteiger partial charge in [0, 0.05) is 76.1 Å². The average molecular weight is 859 g/mol. The van der Waals surface area contributed by atoms with Crippen molar-refractivity contribution in [2.45, 2.75) is 0 Å². The van der Waals surface area contributed by atoms with Crippen molar-refractivity contribution >= 4 is 114 Å². The predicted molar refractivity (Wildman–Crippen MR) is 282 cm³/mol. The van der Waals surface area contributed by atoms with Crippen molar-refractivity contribution in [3.63, 3.8) is 0 Å². The number of benzene rings is 11. The highest BCUT2D eigenvalue weighted by Gasteiger charge is 2.24. The van der Waals surface area contributed by atoms with Gasteiger partial charge in [-0.05, 0) is 117 Å². The van der Waals surface area contributed by atoms with Crippen LogP contribution in [0.1, 0.15) is 0 Å². The molecule has 0 atom stereocenters. The van der Waals surface area contributed by atoms with Crippen LogP contribution >= 0.6 is 11.3 Å². The molecule has 0 aliphatic heterocycles. The summed E-state index contributed by atoms with van der Waals surface area (Å²) in [6, 6.07) is 84.0. The van der Waals surface area contributed by atoms with Crippen LogP contribution in [-0.4, -0.2) is 4.57 Å². The van der Waals surface area contributed by atoms with Crippen molar-refractivity contribution in [1.82, 2.24) is 4.57 Å². The van der Waals surface area contributed by atoms with Gasteiger partial charge in [0.1, 0.15) is 11.2 Å². The number of fused-ring (bicyclic) bond motifs is 12. The van der Waals surface area contributed by atoms with Crippen LogP contribution in [0.2, 0.25) is 0 Å². The maximum absolute atomic E-state index is 6.77. The van der Waals surface area contributed by atoms with Crippen molar-refractivity contribution in [2.24, 2.45) is 0 Å². The van der Waals surface area contributed by atoms with Crippen molar-refractivity contribution in [1.29, 1.82) is 0 Å². The zero-order chi connectivity index (χ0) is 43.3. The van der Waals surface area contributed by atoms with E-state index in [1.165, 1.54) is 69.2 Å². The second-order valence-electron chi connectivity index (χ2n) is 17.2. The van der Waals surface area contributed by atoms with E-state index in [1.54, 1.807) is 0 Å². The second kappa shape index (κ2) is 14.5. The first-order chi connectivity index (χ1) is 32.7. The van der Waals surface area contributed by atoms with E-state index in [0.29, 0.717) is 0 Å². The smallest absolute Gasteiger partial charge is 0.138 e. The summed E-state index contributed by atoms with van der Waals surface area (Å²) >= 11 is 1.85. The first-order valence-electron chi connectivity index (χ1n) is 22.5. The third kappa shape index (κ3) is 5.62. The Hall–Kier alpha value is -8.44. The van der Waals surface area contributed by atoms with Gasteiger partial charge in [-0.15, -0.1) is 11.3 Å². The average Bonchev–Trinajstić information content (AvgIpc) is 4.05. The molecule has 0 fully saturated rings. The molecule has 308 valence electrons. The van der Waals surface area contributed by atoms with Crippen LogP contribution in [-0.2, 0) is 0 Å². The lowest BCUT2D eigenvalue weighted by molar-refractivity contribution is 0.669. The number of aromatic nitrogens is 1. The second-order valence-corrected chi connectivity index (χ2v) is 18.3. The van der Waals surface area contributed by atoms with Gasteiger partial charge in [0.15, 0.2) is 0 Å². The fraction of sp³-hybridized carbons (Fsp3) is 0. The zero-order valence-electron chi connectivity index (χ0n) is 35.7. The minimum atomic E-state index is 0.871. The Balaban J connectivity index is 1.03. The van der Waals surface area contributed by atoms with Crippen LogP contribution in [0.4, 0.5) is 17.1 Å². The third-order valence-electron chi connectivity index (χ3n) is 13.5. The van der Waals surface area contributed by atoms with Crippen LogP contribution < -0.4 is 4.90 Å². The molecule has 0 unspecified atom stereocenters. The maximum atomic E-state index is 6.77. The van der Waals surface area contributed by atoms with Gasteiger partial charge >= 0.3 is 0 Å².